The normalized spacial score (nSPS) is 41.4. The Balaban J connectivity index is 2.45. The molecule has 0 bridgehead atoms. The van der Waals surface area contributed by atoms with Crippen LogP contribution in [0.1, 0.15) is 27.2 Å². The number of rotatable bonds is 0. The zero-order chi connectivity index (χ0) is 10.3. The molecule has 0 amide bonds. The van der Waals surface area contributed by atoms with Gasteiger partial charge in [0.15, 0.2) is 0 Å². The Hall–Kier alpha value is -0.490. The van der Waals surface area contributed by atoms with Gasteiger partial charge in [0.1, 0.15) is 0 Å². The minimum atomic E-state index is 0.204. The topological polar surface area (TPSA) is 0 Å². The van der Waals surface area contributed by atoms with E-state index in [1.54, 1.807) is 0 Å². The van der Waals surface area contributed by atoms with Gasteiger partial charge in [-0.05, 0) is 36.0 Å². The highest BCUT2D eigenvalue weighted by Crippen LogP contribution is 2.48. The molecule has 0 aromatic rings. The molecular formula is C13H17Cl. The summed E-state index contributed by atoms with van der Waals surface area (Å²) >= 11 is 6.02. The van der Waals surface area contributed by atoms with E-state index in [1.165, 1.54) is 12.0 Å². The molecule has 0 N–H and O–H groups in total. The van der Waals surface area contributed by atoms with Gasteiger partial charge in [0.25, 0.3) is 0 Å². The molecule has 14 heavy (non-hydrogen) atoms. The number of hydrogen-bond donors (Lipinski definition) is 0. The highest BCUT2D eigenvalue weighted by Gasteiger charge is 2.38. The van der Waals surface area contributed by atoms with Crippen molar-refractivity contribution in [2.24, 2.45) is 17.3 Å². The van der Waals surface area contributed by atoms with Crippen molar-refractivity contribution < 1.29 is 0 Å². The minimum Gasteiger partial charge on any atom is -0.0843 e. The maximum atomic E-state index is 6.02. The van der Waals surface area contributed by atoms with E-state index in [9.17, 15) is 0 Å². The molecule has 0 unspecified atom stereocenters. The van der Waals surface area contributed by atoms with Crippen LogP contribution in [0.25, 0.3) is 0 Å². The summed E-state index contributed by atoms with van der Waals surface area (Å²) in [4.78, 5) is 0. The molecule has 0 radical (unpaired) electrons. The Kier molecular flexibility index (Phi) is 2.35. The second-order valence-corrected chi connectivity index (χ2v) is 5.24. The summed E-state index contributed by atoms with van der Waals surface area (Å²) in [5.41, 5.74) is 1.60. The van der Waals surface area contributed by atoms with Crippen molar-refractivity contribution in [1.29, 1.82) is 0 Å². The van der Waals surface area contributed by atoms with Crippen molar-refractivity contribution in [3.8, 4) is 0 Å². The van der Waals surface area contributed by atoms with Crippen molar-refractivity contribution in [2.75, 3.05) is 0 Å². The molecule has 0 aliphatic heterocycles. The molecule has 0 saturated carbocycles. The molecule has 0 aromatic carbocycles. The summed E-state index contributed by atoms with van der Waals surface area (Å²) in [7, 11) is 0. The van der Waals surface area contributed by atoms with Crippen molar-refractivity contribution in [1.82, 2.24) is 0 Å². The summed E-state index contributed by atoms with van der Waals surface area (Å²) in [6.45, 7) is 6.99. The molecule has 3 atom stereocenters. The quantitative estimate of drug-likeness (QED) is 0.557. The fraction of sp³-hybridized carbons (Fsp3) is 0.538. The molecule has 2 aliphatic carbocycles. The molecule has 0 fully saturated rings. The molecule has 0 heterocycles. The lowest BCUT2D eigenvalue weighted by Crippen LogP contribution is -2.33. The van der Waals surface area contributed by atoms with Crippen LogP contribution >= 0.6 is 11.6 Å². The first-order valence-corrected chi connectivity index (χ1v) is 5.69. The van der Waals surface area contributed by atoms with Gasteiger partial charge in [0, 0.05) is 10.4 Å². The first-order valence-electron chi connectivity index (χ1n) is 5.31. The number of hydrogen-bond acceptors (Lipinski definition) is 0. The van der Waals surface area contributed by atoms with E-state index in [4.69, 9.17) is 11.6 Å². The average molecular weight is 209 g/mol. The van der Waals surface area contributed by atoms with Crippen LogP contribution in [-0.2, 0) is 0 Å². The molecule has 0 nitrogen and oxygen atoms in total. The molecular weight excluding hydrogens is 192 g/mol. The standard InChI is InChI=1S/C13H17Cl/c1-9-4-5-11-8-12(14)6-7-13(11,3)10(9)2/h5-10H,4H2,1-3H3/t9-,10-,13+/m1/s1. The summed E-state index contributed by atoms with van der Waals surface area (Å²) in [6, 6.07) is 0. The molecule has 0 spiro atoms. The van der Waals surface area contributed by atoms with Gasteiger partial charge >= 0.3 is 0 Å². The van der Waals surface area contributed by atoms with Gasteiger partial charge in [-0.25, -0.2) is 0 Å². The van der Waals surface area contributed by atoms with Gasteiger partial charge in [0.2, 0.25) is 0 Å². The second-order valence-electron chi connectivity index (χ2n) is 4.81. The lowest BCUT2D eigenvalue weighted by atomic mass is 9.62. The molecule has 2 aliphatic rings. The predicted octanol–water partition coefficient (Wildman–Crippen LogP) is 4.29. The Morgan fingerprint density at radius 2 is 2.14 bits per heavy atom. The van der Waals surface area contributed by atoms with Gasteiger partial charge in [-0.3, -0.25) is 0 Å². The van der Waals surface area contributed by atoms with Gasteiger partial charge < -0.3 is 0 Å². The summed E-state index contributed by atoms with van der Waals surface area (Å²) in [5, 5.41) is 0.857. The number of halogens is 1. The van der Waals surface area contributed by atoms with E-state index in [1.807, 2.05) is 6.08 Å². The molecule has 76 valence electrons. The number of fused-ring (bicyclic) bond motifs is 1. The van der Waals surface area contributed by atoms with E-state index in [2.05, 4.69) is 39.0 Å². The highest BCUT2D eigenvalue weighted by atomic mass is 35.5. The summed E-state index contributed by atoms with van der Waals surface area (Å²) in [5.74, 6) is 1.46. The monoisotopic (exact) mass is 208 g/mol. The first-order chi connectivity index (χ1) is 6.54. The predicted molar refractivity (Wildman–Crippen MR) is 62.2 cm³/mol. The zero-order valence-corrected chi connectivity index (χ0v) is 9.81. The molecule has 2 rings (SSSR count). The Bertz CT molecular complexity index is 335. The van der Waals surface area contributed by atoms with Crippen LogP contribution in [0.3, 0.4) is 0 Å². The summed E-state index contributed by atoms with van der Waals surface area (Å²) < 4.78 is 0. The van der Waals surface area contributed by atoms with Crippen LogP contribution in [0.5, 0.6) is 0 Å². The van der Waals surface area contributed by atoms with Crippen molar-refractivity contribution in [3.05, 3.63) is 34.9 Å². The summed E-state index contributed by atoms with van der Waals surface area (Å²) in [6.07, 6.45) is 9.94. The number of allylic oxidation sites excluding steroid dienone is 6. The van der Waals surface area contributed by atoms with Gasteiger partial charge in [-0.1, -0.05) is 44.5 Å². The lowest BCUT2D eigenvalue weighted by Gasteiger charge is -2.43. The lowest BCUT2D eigenvalue weighted by molar-refractivity contribution is 0.225. The Morgan fingerprint density at radius 3 is 2.86 bits per heavy atom. The third-order valence-electron chi connectivity index (χ3n) is 4.01. The van der Waals surface area contributed by atoms with E-state index in [-0.39, 0.29) is 5.41 Å². The van der Waals surface area contributed by atoms with Gasteiger partial charge in [-0.15, -0.1) is 0 Å². The SMILES string of the molecule is C[C@@H]1CC=C2C=C(Cl)C=C[C@@]2(C)[C@@H]1C. The van der Waals surface area contributed by atoms with Crippen molar-refractivity contribution in [2.45, 2.75) is 27.2 Å². The van der Waals surface area contributed by atoms with Crippen LogP contribution in [0.4, 0.5) is 0 Å². The smallest absolute Gasteiger partial charge is 0.0406 e. The van der Waals surface area contributed by atoms with E-state index in [0.29, 0.717) is 5.92 Å². The largest absolute Gasteiger partial charge is 0.0843 e. The van der Waals surface area contributed by atoms with Gasteiger partial charge in [0.05, 0.1) is 0 Å². The fourth-order valence-corrected chi connectivity index (χ4v) is 2.68. The molecule has 0 saturated heterocycles. The maximum Gasteiger partial charge on any atom is 0.0406 e. The molecule has 1 heteroatoms. The first kappa shape index (κ1) is 10.0. The third kappa shape index (κ3) is 1.37. The Labute approximate surface area is 91.3 Å². The van der Waals surface area contributed by atoms with Crippen LogP contribution in [-0.4, -0.2) is 0 Å². The fourth-order valence-electron chi connectivity index (χ4n) is 2.50. The third-order valence-corrected chi connectivity index (χ3v) is 4.25. The Morgan fingerprint density at radius 1 is 1.43 bits per heavy atom. The minimum absolute atomic E-state index is 0.204. The molecule has 0 aromatic heterocycles. The van der Waals surface area contributed by atoms with Crippen LogP contribution in [0.2, 0.25) is 0 Å². The maximum absolute atomic E-state index is 6.02. The van der Waals surface area contributed by atoms with E-state index in [0.717, 1.165) is 11.0 Å². The van der Waals surface area contributed by atoms with Gasteiger partial charge in [-0.2, -0.15) is 0 Å². The van der Waals surface area contributed by atoms with Crippen molar-refractivity contribution >= 4 is 11.6 Å². The second kappa shape index (κ2) is 3.27. The van der Waals surface area contributed by atoms with E-state index >= 15 is 0 Å². The zero-order valence-electron chi connectivity index (χ0n) is 9.05. The average Bonchev–Trinajstić information content (AvgIpc) is 2.16. The highest BCUT2D eigenvalue weighted by molar-refractivity contribution is 6.31. The van der Waals surface area contributed by atoms with Crippen LogP contribution in [0.15, 0.2) is 34.9 Å². The van der Waals surface area contributed by atoms with Crippen molar-refractivity contribution in [3.63, 3.8) is 0 Å². The van der Waals surface area contributed by atoms with Crippen LogP contribution in [0, 0.1) is 17.3 Å². The van der Waals surface area contributed by atoms with Crippen LogP contribution < -0.4 is 0 Å². The van der Waals surface area contributed by atoms with E-state index < -0.39 is 0 Å².